The van der Waals surface area contributed by atoms with E-state index < -0.39 is 5.97 Å². The summed E-state index contributed by atoms with van der Waals surface area (Å²) < 4.78 is 0. The number of amides is 1. The minimum Gasteiger partial charge on any atom is -0.480 e. The molecule has 1 heterocycles. The first-order chi connectivity index (χ1) is 8.18. The molecular formula is C12H14N2O3. The SMILES string of the molecule is O=C(O)CNCC(=O)N1CCc2ccccc21. The number of carboxylic acids is 1. The van der Waals surface area contributed by atoms with Crippen molar-refractivity contribution in [3.05, 3.63) is 29.8 Å². The molecule has 2 rings (SSSR count). The molecule has 0 aromatic heterocycles. The standard InChI is InChI=1S/C12H14N2O3/c15-11(7-13-8-12(16)17)14-6-5-9-3-1-2-4-10(9)14/h1-4,13H,5-8H2,(H,16,17). The highest BCUT2D eigenvalue weighted by Gasteiger charge is 2.23. The summed E-state index contributed by atoms with van der Waals surface area (Å²) in [5.74, 6) is -1.05. The molecule has 17 heavy (non-hydrogen) atoms. The Morgan fingerprint density at radius 3 is 2.82 bits per heavy atom. The molecule has 1 aliphatic rings. The summed E-state index contributed by atoms with van der Waals surface area (Å²) in [7, 11) is 0. The summed E-state index contributed by atoms with van der Waals surface area (Å²) in [4.78, 5) is 23.9. The molecule has 90 valence electrons. The highest BCUT2D eigenvalue weighted by molar-refractivity contribution is 5.96. The van der Waals surface area contributed by atoms with Crippen molar-refractivity contribution in [2.45, 2.75) is 6.42 Å². The van der Waals surface area contributed by atoms with Crippen molar-refractivity contribution in [2.24, 2.45) is 0 Å². The molecule has 1 aromatic rings. The minimum absolute atomic E-state index is 0.0562. The number of carbonyl (C=O) groups excluding carboxylic acids is 1. The lowest BCUT2D eigenvalue weighted by Gasteiger charge is -2.17. The van der Waals surface area contributed by atoms with Crippen LogP contribution < -0.4 is 10.2 Å². The number of hydrogen-bond acceptors (Lipinski definition) is 3. The van der Waals surface area contributed by atoms with Gasteiger partial charge in [-0.1, -0.05) is 18.2 Å². The fourth-order valence-corrected chi connectivity index (χ4v) is 1.97. The van der Waals surface area contributed by atoms with Crippen molar-refractivity contribution in [1.82, 2.24) is 5.32 Å². The molecule has 0 saturated carbocycles. The van der Waals surface area contributed by atoms with Crippen LogP contribution in [0.2, 0.25) is 0 Å². The van der Waals surface area contributed by atoms with E-state index in [0.29, 0.717) is 6.54 Å². The van der Waals surface area contributed by atoms with Gasteiger partial charge in [0.05, 0.1) is 13.1 Å². The van der Waals surface area contributed by atoms with Crippen LogP contribution in [0.15, 0.2) is 24.3 Å². The summed E-state index contributed by atoms with van der Waals surface area (Å²) in [6, 6.07) is 7.77. The van der Waals surface area contributed by atoms with Gasteiger partial charge in [-0.05, 0) is 18.1 Å². The number of fused-ring (bicyclic) bond motifs is 1. The maximum Gasteiger partial charge on any atom is 0.317 e. The van der Waals surface area contributed by atoms with Gasteiger partial charge in [0.2, 0.25) is 5.91 Å². The summed E-state index contributed by atoms with van der Waals surface area (Å²) in [6.45, 7) is 0.537. The van der Waals surface area contributed by atoms with Gasteiger partial charge >= 0.3 is 5.97 Å². The lowest BCUT2D eigenvalue weighted by atomic mass is 10.2. The third kappa shape index (κ3) is 2.62. The maximum atomic E-state index is 11.9. The number of aliphatic carboxylic acids is 1. The van der Waals surface area contributed by atoms with Gasteiger partial charge in [0.1, 0.15) is 0 Å². The average Bonchev–Trinajstić information content (AvgIpc) is 2.72. The van der Waals surface area contributed by atoms with E-state index in [2.05, 4.69) is 5.32 Å². The number of nitrogens with zero attached hydrogens (tertiary/aromatic N) is 1. The Kier molecular flexibility index (Phi) is 3.39. The van der Waals surface area contributed by atoms with E-state index in [0.717, 1.165) is 12.1 Å². The predicted octanol–water partition coefficient (Wildman–Crippen LogP) is 0.250. The van der Waals surface area contributed by atoms with Crippen LogP contribution in [0.1, 0.15) is 5.56 Å². The zero-order valence-corrected chi connectivity index (χ0v) is 9.35. The quantitative estimate of drug-likeness (QED) is 0.783. The van der Waals surface area contributed by atoms with Gasteiger partial charge in [-0.25, -0.2) is 0 Å². The van der Waals surface area contributed by atoms with Gasteiger partial charge in [0.25, 0.3) is 0 Å². The molecule has 0 fully saturated rings. The second-order valence-corrected chi connectivity index (χ2v) is 3.92. The molecule has 0 unspecified atom stereocenters. The average molecular weight is 234 g/mol. The van der Waals surface area contributed by atoms with Crippen LogP contribution in [0.3, 0.4) is 0 Å². The summed E-state index contributed by atoms with van der Waals surface area (Å²) in [5, 5.41) is 11.1. The molecule has 0 radical (unpaired) electrons. The van der Waals surface area contributed by atoms with Crippen LogP contribution in [0, 0.1) is 0 Å². The largest absolute Gasteiger partial charge is 0.480 e. The topological polar surface area (TPSA) is 69.6 Å². The zero-order chi connectivity index (χ0) is 12.3. The Morgan fingerprint density at radius 2 is 2.06 bits per heavy atom. The van der Waals surface area contributed by atoms with Crippen molar-refractivity contribution < 1.29 is 14.7 Å². The van der Waals surface area contributed by atoms with Crippen LogP contribution >= 0.6 is 0 Å². The van der Waals surface area contributed by atoms with E-state index in [1.807, 2.05) is 24.3 Å². The highest BCUT2D eigenvalue weighted by atomic mass is 16.4. The first-order valence-corrected chi connectivity index (χ1v) is 5.49. The number of carbonyl (C=O) groups is 2. The van der Waals surface area contributed by atoms with Crippen LogP contribution in [0.4, 0.5) is 5.69 Å². The molecule has 5 heteroatoms. The smallest absolute Gasteiger partial charge is 0.317 e. The van der Waals surface area contributed by atoms with Crippen LogP contribution in [0.25, 0.3) is 0 Å². The monoisotopic (exact) mass is 234 g/mol. The molecule has 0 aliphatic carbocycles. The molecule has 1 amide bonds. The number of nitrogens with one attached hydrogen (secondary N) is 1. The summed E-state index contributed by atoms with van der Waals surface area (Å²) in [6.07, 6.45) is 0.862. The number of hydrogen-bond donors (Lipinski definition) is 2. The summed E-state index contributed by atoms with van der Waals surface area (Å²) >= 11 is 0. The van der Waals surface area contributed by atoms with Gasteiger partial charge in [0, 0.05) is 12.2 Å². The molecule has 0 saturated heterocycles. The van der Waals surface area contributed by atoms with E-state index in [9.17, 15) is 9.59 Å². The Bertz CT molecular complexity index is 445. The number of rotatable bonds is 4. The fraction of sp³-hybridized carbons (Fsp3) is 0.333. The van der Waals surface area contributed by atoms with Crippen LogP contribution in [0.5, 0.6) is 0 Å². The predicted molar refractivity (Wildman–Crippen MR) is 63.0 cm³/mol. The number of para-hydroxylation sites is 1. The van der Waals surface area contributed by atoms with Gasteiger partial charge in [-0.15, -0.1) is 0 Å². The highest BCUT2D eigenvalue weighted by Crippen LogP contribution is 2.27. The molecule has 0 bridgehead atoms. The number of carboxylic acid groups (broad SMARTS) is 1. The van der Waals surface area contributed by atoms with E-state index >= 15 is 0 Å². The van der Waals surface area contributed by atoms with Gasteiger partial charge in [-0.3, -0.25) is 14.9 Å². The third-order valence-corrected chi connectivity index (χ3v) is 2.74. The van der Waals surface area contributed by atoms with Crippen molar-refractivity contribution in [1.29, 1.82) is 0 Å². The Hall–Kier alpha value is -1.88. The van der Waals surface area contributed by atoms with E-state index in [4.69, 9.17) is 5.11 Å². The molecular weight excluding hydrogens is 220 g/mol. The van der Waals surface area contributed by atoms with Crippen molar-refractivity contribution in [3.8, 4) is 0 Å². The van der Waals surface area contributed by atoms with Crippen LogP contribution in [-0.2, 0) is 16.0 Å². The molecule has 1 aliphatic heterocycles. The zero-order valence-electron chi connectivity index (χ0n) is 9.35. The lowest BCUT2D eigenvalue weighted by molar-refractivity contribution is -0.135. The first-order valence-electron chi connectivity index (χ1n) is 5.49. The van der Waals surface area contributed by atoms with Gasteiger partial charge in [-0.2, -0.15) is 0 Å². The number of anilines is 1. The Balaban J connectivity index is 1.96. The maximum absolute atomic E-state index is 11.9. The van der Waals surface area contributed by atoms with E-state index in [1.165, 1.54) is 5.56 Å². The van der Waals surface area contributed by atoms with Gasteiger partial charge in [0.15, 0.2) is 0 Å². The Morgan fingerprint density at radius 1 is 1.29 bits per heavy atom. The molecule has 5 nitrogen and oxygen atoms in total. The van der Waals surface area contributed by atoms with Crippen molar-refractivity contribution in [2.75, 3.05) is 24.5 Å². The van der Waals surface area contributed by atoms with Crippen molar-refractivity contribution in [3.63, 3.8) is 0 Å². The fourth-order valence-electron chi connectivity index (χ4n) is 1.97. The third-order valence-electron chi connectivity index (χ3n) is 2.74. The van der Waals surface area contributed by atoms with Crippen molar-refractivity contribution >= 4 is 17.6 Å². The lowest BCUT2D eigenvalue weighted by Crippen LogP contribution is -2.38. The molecule has 1 aromatic carbocycles. The first kappa shape index (κ1) is 11.6. The van der Waals surface area contributed by atoms with E-state index in [1.54, 1.807) is 4.90 Å². The second-order valence-electron chi connectivity index (χ2n) is 3.92. The summed E-state index contributed by atoms with van der Waals surface area (Å²) in [5.41, 5.74) is 2.11. The second kappa shape index (κ2) is 4.97. The molecule has 2 N–H and O–H groups in total. The molecule has 0 spiro atoms. The normalized spacial score (nSPS) is 13.5. The molecule has 0 atom stereocenters. The van der Waals surface area contributed by atoms with Gasteiger partial charge < -0.3 is 10.0 Å². The minimum atomic E-state index is -0.959. The Labute approximate surface area is 99.0 Å². The number of benzene rings is 1. The van der Waals surface area contributed by atoms with Crippen LogP contribution in [-0.4, -0.2) is 36.6 Å². The van der Waals surface area contributed by atoms with E-state index in [-0.39, 0.29) is 19.0 Å².